The van der Waals surface area contributed by atoms with E-state index in [-0.39, 0.29) is 0 Å². The van der Waals surface area contributed by atoms with Gasteiger partial charge in [0.05, 0.1) is 0 Å². The molecule has 0 aromatic heterocycles. The lowest BCUT2D eigenvalue weighted by molar-refractivity contribution is 0.227. The maximum absolute atomic E-state index is 3.69. The van der Waals surface area contributed by atoms with E-state index in [1.165, 1.54) is 58.2 Å². The van der Waals surface area contributed by atoms with Gasteiger partial charge < -0.3 is 5.32 Å². The zero-order valence-corrected chi connectivity index (χ0v) is 12.0. The quantitative estimate of drug-likeness (QED) is 0.765. The number of nitrogens with zero attached hydrogens (tertiary/aromatic N) is 1. The van der Waals surface area contributed by atoms with Crippen LogP contribution in [0.1, 0.15) is 59.3 Å². The monoisotopic (exact) mass is 238 g/mol. The van der Waals surface area contributed by atoms with E-state index in [9.17, 15) is 0 Å². The van der Waals surface area contributed by atoms with Gasteiger partial charge in [0, 0.05) is 18.6 Å². The molecule has 0 aromatic carbocycles. The van der Waals surface area contributed by atoms with Crippen molar-refractivity contribution in [1.29, 1.82) is 0 Å². The van der Waals surface area contributed by atoms with Gasteiger partial charge in [-0.05, 0) is 57.0 Å². The van der Waals surface area contributed by atoms with Crippen molar-refractivity contribution in [2.75, 3.05) is 19.6 Å². The summed E-state index contributed by atoms with van der Waals surface area (Å²) in [6.07, 6.45) is 8.37. The smallest absolute Gasteiger partial charge is 0.0221 e. The Hall–Kier alpha value is -0.0800. The number of rotatable bonds is 6. The predicted molar refractivity (Wildman–Crippen MR) is 74.3 cm³/mol. The molecule has 2 nitrogen and oxygen atoms in total. The molecule has 2 aliphatic rings. The van der Waals surface area contributed by atoms with E-state index in [1.807, 2.05) is 0 Å². The number of nitrogens with one attached hydrogen (secondary N) is 1. The molecule has 17 heavy (non-hydrogen) atoms. The van der Waals surface area contributed by atoms with Crippen molar-refractivity contribution >= 4 is 0 Å². The molecule has 1 atom stereocenters. The van der Waals surface area contributed by atoms with Crippen LogP contribution in [0.5, 0.6) is 0 Å². The highest BCUT2D eigenvalue weighted by Crippen LogP contribution is 2.24. The van der Waals surface area contributed by atoms with E-state index < -0.39 is 0 Å². The van der Waals surface area contributed by atoms with E-state index in [2.05, 4.69) is 31.0 Å². The minimum Gasteiger partial charge on any atom is -0.312 e. The van der Waals surface area contributed by atoms with Crippen molar-refractivity contribution in [3.05, 3.63) is 0 Å². The van der Waals surface area contributed by atoms with Crippen LogP contribution in [-0.2, 0) is 0 Å². The molecule has 1 aliphatic carbocycles. The highest BCUT2D eigenvalue weighted by molar-refractivity contribution is 4.86. The molecule has 0 spiro atoms. The second-order valence-corrected chi connectivity index (χ2v) is 7.18. The van der Waals surface area contributed by atoms with Gasteiger partial charge in [-0.1, -0.05) is 20.8 Å². The van der Waals surface area contributed by atoms with Crippen LogP contribution in [0.3, 0.4) is 0 Å². The number of likely N-dealkylation sites (tertiary alicyclic amines) is 1. The summed E-state index contributed by atoms with van der Waals surface area (Å²) in [5, 5.41) is 3.69. The summed E-state index contributed by atoms with van der Waals surface area (Å²) < 4.78 is 0. The second kappa shape index (κ2) is 5.71. The van der Waals surface area contributed by atoms with E-state index in [0.717, 1.165) is 12.1 Å². The van der Waals surface area contributed by atoms with Crippen molar-refractivity contribution in [2.45, 2.75) is 71.4 Å². The summed E-state index contributed by atoms with van der Waals surface area (Å²) in [5.41, 5.74) is 0.501. The third-order valence-electron chi connectivity index (χ3n) is 4.09. The standard InChI is InChI=1S/C15H30N2/c1-15(2,3)9-5-11-17-10-4-6-14(17)12-16-13-7-8-13/h13-14,16H,4-12H2,1-3H3. The molecule has 2 fully saturated rings. The van der Waals surface area contributed by atoms with Crippen LogP contribution in [-0.4, -0.2) is 36.6 Å². The highest BCUT2D eigenvalue weighted by Gasteiger charge is 2.27. The Morgan fingerprint density at radius 1 is 1.18 bits per heavy atom. The van der Waals surface area contributed by atoms with Crippen LogP contribution in [0.25, 0.3) is 0 Å². The van der Waals surface area contributed by atoms with Crippen molar-refractivity contribution < 1.29 is 0 Å². The Morgan fingerprint density at radius 3 is 2.59 bits per heavy atom. The lowest BCUT2D eigenvalue weighted by Crippen LogP contribution is -2.39. The zero-order valence-electron chi connectivity index (χ0n) is 12.0. The van der Waals surface area contributed by atoms with Crippen molar-refractivity contribution in [1.82, 2.24) is 10.2 Å². The van der Waals surface area contributed by atoms with Gasteiger partial charge in [-0.3, -0.25) is 4.90 Å². The Morgan fingerprint density at radius 2 is 1.94 bits per heavy atom. The Bertz CT molecular complexity index is 228. The van der Waals surface area contributed by atoms with Gasteiger partial charge in [0.15, 0.2) is 0 Å². The normalized spacial score (nSPS) is 26.6. The molecule has 100 valence electrons. The average Bonchev–Trinajstić information content (AvgIpc) is 2.95. The molecule has 0 bridgehead atoms. The van der Waals surface area contributed by atoms with Gasteiger partial charge in [0.25, 0.3) is 0 Å². The average molecular weight is 238 g/mol. The molecule has 1 aliphatic heterocycles. The molecule has 1 saturated heterocycles. The van der Waals surface area contributed by atoms with E-state index in [4.69, 9.17) is 0 Å². The summed E-state index contributed by atoms with van der Waals surface area (Å²) in [6, 6.07) is 1.70. The molecule has 0 aromatic rings. The number of hydrogen-bond donors (Lipinski definition) is 1. The molecular weight excluding hydrogens is 208 g/mol. The maximum Gasteiger partial charge on any atom is 0.0221 e. The van der Waals surface area contributed by atoms with Crippen molar-refractivity contribution in [3.63, 3.8) is 0 Å². The van der Waals surface area contributed by atoms with Crippen LogP contribution in [0.15, 0.2) is 0 Å². The third-order valence-corrected chi connectivity index (χ3v) is 4.09. The SMILES string of the molecule is CC(C)(C)CCCN1CCCC1CNC1CC1. The molecule has 1 saturated carbocycles. The zero-order chi connectivity index (χ0) is 12.3. The molecule has 0 amide bonds. The van der Waals surface area contributed by atoms with Crippen LogP contribution >= 0.6 is 0 Å². The van der Waals surface area contributed by atoms with Crippen molar-refractivity contribution in [2.24, 2.45) is 5.41 Å². The second-order valence-electron chi connectivity index (χ2n) is 7.18. The molecular formula is C15H30N2. The minimum atomic E-state index is 0.501. The van der Waals surface area contributed by atoms with Crippen LogP contribution in [0, 0.1) is 5.41 Å². The summed E-state index contributed by atoms with van der Waals surface area (Å²) in [5.74, 6) is 0. The van der Waals surface area contributed by atoms with Crippen LogP contribution < -0.4 is 5.32 Å². The fourth-order valence-electron chi connectivity index (χ4n) is 2.82. The predicted octanol–water partition coefficient (Wildman–Crippen LogP) is 3.03. The Balaban J connectivity index is 1.63. The third kappa shape index (κ3) is 4.97. The van der Waals surface area contributed by atoms with Gasteiger partial charge in [-0.15, -0.1) is 0 Å². The Labute approximate surface area is 107 Å². The van der Waals surface area contributed by atoms with Gasteiger partial charge >= 0.3 is 0 Å². The minimum absolute atomic E-state index is 0.501. The molecule has 2 rings (SSSR count). The fraction of sp³-hybridized carbons (Fsp3) is 1.00. The van der Waals surface area contributed by atoms with Gasteiger partial charge in [0.2, 0.25) is 0 Å². The maximum atomic E-state index is 3.69. The van der Waals surface area contributed by atoms with Crippen molar-refractivity contribution in [3.8, 4) is 0 Å². The largest absolute Gasteiger partial charge is 0.312 e. The summed E-state index contributed by atoms with van der Waals surface area (Å²) >= 11 is 0. The molecule has 0 radical (unpaired) electrons. The van der Waals surface area contributed by atoms with Gasteiger partial charge in [-0.2, -0.15) is 0 Å². The van der Waals surface area contributed by atoms with Crippen LogP contribution in [0.4, 0.5) is 0 Å². The summed E-state index contributed by atoms with van der Waals surface area (Å²) in [6.45, 7) is 10.9. The van der Waals surface area contributed by atoms with E-state index >= 15 is 0 Å². The Kier molecular flexibility index (Phi) is 4.48. The van der Waals surface area contributed by atoms with Crippen LogP contribution in [0.2, 0.25) is 0 Å². The molecule has 1 N–H and O–H groups in total. The highest BCUT2D eigenvalue weighted by atomic mass is 15.2. The first kappa shape index (κ1) is 13.4. The summed E-state index contributed by atoms with van der Waals surface area (Å²) in [4.78, 5) is 2.72. The van der Waals surface area contributed by atoms with E-state index in [0.29, 0.717) is 5.41 Å². The molecule has 2 heteroatoms. The first-order valence-corrected chi connectivity index (χ1v) is 7.52. The summed E-state index contributed by atoms with van der Waals surface area (Å²) in [7, 11) is 0. The van der Waals surface area contributed by atoms with Gasteiger partial charge in [-0.25, -0.2) is 0 Å². The first-order valence-electron chi connectivity index (χ1n) is 7.52. The number of hydrogen-bond acceptors (Lipinski definition) is 2. The lowest BCUT2D eigenvalue weighted by Gasteiger charge is -2.26. The lowest BCUT2D eigenvalue weighted by atomic mass is 9.90. The molecule has 1 unspecified atom stereocenters. The fourth-order valence-corrected chi connectivity index (χ4v) is 2.82. The van der Waals surface area contributed by atoms with E-state index in [1.54, 1.807) is 0 Å². The molecule has 1 heterocycles. The first-order chi connectivity index (χ1) is 8.04. The van der Waals surface area contributed by atoms with Gasteiger partial charge in [0.1, 0.15) is 0 Å². The topological polar surface area (TPSA) is 15.3 Å².